The van der Waals surface area contributed by atoms with E-state index in [1.54, 1.807) is 49.4 Å². The van der Waals surface area contributed by atoms with Crippen LogP contribution in [0.4, 0.5) is 0 Å². The zero-order valence-corrected chi connectivity index (χ0v) is 15.5. The molecule has 0 aliphatic carbocycles. The Labute approximate surface area is 163 Å². The Morgan fingerprint density at radius 2 is 1.78 bits per heavy atom. The first-order chi connectivity index (χ1) is 13.0. The van der Waals surface area contributed by atoms with E-state index in [-0.39, 0.29) is 18.3 Å². The van der Waals surface area contributed by atoms with Crippen LogP contribution < -0.4 is 0 Å². The predicted octanol–water partition coefficient (Wildman–Crippen LogP) is 5.46. The number of nitrogens with zero attached hydrogens (tertiary/aromatic N) is 2. The molecule has 0 amide bonds. The number of ether oxygens (including phenoxy) is 1. The molecule has 8 heteroatoms. The molecule has 0 unspecified atom stereocenters. The van der Waals surface area contributed by atoms with E-state index in [1.165, 1.54) is 0 Å². The van der Waals surface area contributed by atoms with Gasteiger partial charge in [-0.1, -0.05) is 23.2 Å². The van der Waals surface area contributed by atoms with Crippen LogP contribution in [0.15, 0.2) is 51.3 Å². The molecule has 2 aromatic carbocycles. The van der Waals surface area contributed by atoms with Gasteiger partial charge in [-0.25, -0.2) is 4.79 Å². The maximum Gasteiger partial charge on any atom is 0.375 e. The highest BCUT2D eigenvalue weighted by molar-refractivity contribution is 6.31. The van der Waals surface area contributed by atoms with E-state index in [4.69, 9.17) is 36.8 Å². The molecule has 2 aromatic heterocycles. The number of carbonyl (C=O) groups is 1. The summed E-state index contributed by atoms with van der Waals surface area (Å²) >= 11 is 11.8. The van der Waals surface area contributed by atoms with Gasteiger partial charge in [0, 0.05) is 26.6 Å². The van der Waals surface area contributed by atoms with Gasteiger partial charge >= 0.3 is 5.97 Å². The van der Waals surface area contributed by atoms with Crippen molar-refractivity contribution in [2.45, 2.75) is 13.5 Å². The highest BCUT2D eigenvalue weighted by atomic mass is 35.5. The van der Waals surface area contributed by atoms with Gasteiger partial charge in [0.2, 0.25) is 11.7 Å². The average Bonchev–Trinajstić information content (AvgIpc) is 3.26. The Balaban J connectivity index is 1.48. The van der Waals surface area contributed by atoms with Gasteiger partial charge in [0.05, 0.1) is 0 Å². The topological polar surface area (TPSA) is 78.4 Å². The number of rotatable bonds is 4. The van der Waals surface area contributed by atoms with Crippen LogP contribution in [-0.2, 0) is 11.3 Å². The smallest absolute Gasteiger partial charge is 0.375 e. The van der Waals surface area contributed by atoms with Gasteiger partial charge in [-0.2, -0.15) is 0 Å². The predicted molar refractivity (Wildman–Crippen MR) is 99.8 cm³/mol. The van der Waals surface area contributed by atoms with Crippen molar-refractivity contribution in [2.75, 3.05) is 0 Å². The lowest BCUT2D eigenvalue weighted by Crippen LogP contribution is -2.05. The maximum absolute atomic E-state index is 12.4. The number of esters is 1. The first-order valence-electron chi connectivity index (χ1n) is 7.95. The van der Waals surface area contributed by atoms with Crippen LogP contribution in [0, 0.1) is 6.92 Å². The molecule has 2 heterocycles. The summed E-state index contributed by atoms with van der Waals surface area (Å²) in [7, 11) is 0. The third-order valence-electron chi connectivity index (χ3n) is 3.97. The van der Waals surface area contributed by atoms with Gasteiger partial charge < -0.3 is 13.6 Å². The van der Waals surface area contributed by atoms with E-state index in [9.17, 15) is 4.79 Å². The molecule has 0 aliphatic rings. The van der Waals surface area contributed by atoms with Crippen LogP contribution in [0.2, 0.25) is 10.0 Å². The Hall–Kier alpha value is -2.83. The third kappa shape index (κ3) is 3.54. The molecular weight excluding hydrogens is 391 g/mol. The summed E-state index contributed by atoms with van der Waals surface area (Å²) in [5, 5.41) is 9.75. The second-order valence-corrected chi connectivity index (χ2v) is 6.65. The van der Waals surface area contributed by atoms with Crippen molar-refractivity contribution >= 4 is 40.1 Å². The van der Waals surface area contributed by atoms with Gasteiger partial charge in [-0.15, -0.1) is 10.2 Å². The van der Waals surface area contributed by atoms with Crippen molar-refractivity contribution in [3.63, 3.8) is 0 Å². The number of benzene rings is 2. The maximum atomic E-state index is 12.4. The quantitative estimate of drug-likeness (QED) is 0.422. The van der Waals surface area contributed by atoms with Crippen LogP contribution in [0.25, 0.3) is 22.4 Å². The molecule has 0 atom stereocenters. The standard InChI is InChI=1S/C19H12Cl2N2O4/c1-10-14-8-13(21)6-7-15(14)26-17(10)19(24)25-9-16-22-23-18(27-16)11-2-4-12(20)5-3-11/h2-8H,9H2,1H3. The van der Waals surface area contributed by atoms with E-state index >= 15 is 0 Å². The van der Waals surface area contributed by atoms with Crippen molar-refractivity contribution < 1.29 is 18.4 Å². The van der Waals surface area contributed by atoms with E-state index < -0.39 is 5.97 Å². The number of aromatic nitrogens is 2. The average molecular weight is 403 g/mol. The molecule has 0 saturated carbocycles. The zero-order valence-electron chi connectivity index (χ0n) is 14.0. The van der Waals surface area contributed by atoms with Crippen molar-refractivity contribution in [2.24, 2.45) is 0 Å². The minimum Gasteiger partial charge on any atom is -0.450 e. The number of fused-ring (bicyclic) bond motifs is 1. The fraction of sp³-hybridized carbons (Fsp3) is 0.105. The number of halogens is 2. The summed E-state index contributed by atoms with van der Waals surface area (Å²) in [6.45, 7) is 1.60. The fourth-order valence-electron chi connectivity index (χ4n) is 2.60. The van der Waals surface area contributed by atoms with Gasteiger partial charge in [0.1, 0.15) is 5.58 Å². The number of hydrogen-bond donors (Lipinski definition) is 0. The Kier molecular flexibility index (Phi) is 4.59. The van der Waals surface area contributed by atoms with Crippen molar-refractivity contribution in [3.8, 4) is 11.5 Å². The van der Waals surface area contributed by atoms with Crippen LogP contribution in [-0.4, -0.2) is 16.2 Å². The fourth-order valence-corrected chi connectivity index (χ4v) is 2.90. The lowest BCUT2D eigenvalue weighted by atomic mass is 10.1. The van der Waals surface area contributed by atoms with Crippen molar-refractivity contribution in [1.29, 1.82) is 0 Å². The zero-order chi connectivity index (χ0) is 19.0. The molecule has 27 heavy (non-hydrogen) atoms. The largest absolute Gasteiger partial charge is 0.450 e. The van der Waals surface area contributed by atoms with E-state index in [1.807, 2.05) is 0 Å². The second kappa shape index (κ2) is 7.06. The van der Waals surface area contributed by atoms with Gasteiger partial charge in [0.15, 0.2) is 6.61 Å². The van der Waals surface area contributed by atoms with Crippen molar-refractivity contribution in [1.82, 2.24) is 10.2 Å². The van der Waals surface area contributed by atoms with Gasteiger partial charge in [0.25, 0.3) is 5.89 Å². The molecule has 4 aromatic rings. The number of furan rings is 1. The number of carbonyl (C=O) groups excluding carboxylic acids is 1. The molecule has 6 nitrogen and oxygen atoms in total. The second-order valence-electron chi connectivity index (χ2n) is 5.78. The summed E-state index contributed by atoms with van der Waals surface area (Å²) < 4.78 is 16.3. The summed E-state index contributed by atoms with van der Waals surface area (Å²) in [5.41, 5.74) is 1.94. The molecule has 4 rings (SSSR count). The SMILES string of the molecule is Cc1c(C(=O)OCc2nnc(-c3ccc(Cl)cc3)o2)oc2ccc(Cl)cc12. The molecule has 0 radical (unpaired) electrons. The first kappa shape index (κ1) is 17.6. The molecular formula is C19H12Cl2N2O4. The molecule has 0 aliphatic heterocycles. The Bertz CT molecular complexity index is 1130. The molecule has 0 N–H and O–H groups in total. The van der Waals surface area contributed by atoms with E-state index in [0.29, 0.717) is 27.1 Å². The monoisotopic (exact) mass is 402 g/mol. The molecule has 0 fully saturated rings. The number of aryl methyl sites for hydroxylation is 1. The summed E-state index contributed by atoms with van der Waals surface area (Å²) in [4.78, 5) is 12.4. The van der Waals surface area contributed by atoms with Crippen molar-refractivity contribution in [3.05, 3.63) is 69.7 Å². The molecule has 0 bridgehead atoms. The summed E-state index contributed by atoms with van der Waals surface area (Å²) in [6.07, 6.45) is 0. The Morgan fingerprint density at radius 3 is 2.56 bits per heavy atom. The highest BCUT2D eigenvalue weighted by Gasteiger charge is 2.20. The normalized spacial score (nSPS) is 11.1. The van der Waals surface area contributed by atoms with Gasteiger partial charge in [-0.05, 0) is 49.4 Å². The van der Waals surface area contributed by atoms with Crippen LogP contribution in [0.1, 0.15) is 22.0 Å². The summed E-state index contributed by atoms with van der Waals surface area (Å²) in [5.74, 6) is -0.0202. The first-order valence-corrected chi connectivity index (χ1v) is 8.71. The van der Waals surface area contributed by atoms with E-state index in [2.05, 4.69) is 10.2 Å². The lowest BCUT2D eigenvalue weighted by molar-refractivity contribution is 0.0404. The lowest BCUT2D eigenvalue weighted by Gasteiger charge is -2.00. The highest BCUT2D eigenvalue weighted by Crippen LogP contribution is 2.28. The summed E-state index contributed by atoms with van der Waals surface area (Å²) in [6, 6.07) is 12.1. The van der Waals surface area contributed by atoms with Crippen LogP contribution in [0.5, 0.6) is 0 Å². The Morgan fingerprint density at radius 1 is 1.04 bits per heavy atom. The minimum atomic E-state index is -0.619. The molecule has 0 saturated heterocycles. The van der Waals surface area contributed by atoms with Crippen LogP contribution >= 0.6 is 23.2 Å². The van der Waals surface area contributed by atoms with E-state index in [0.717, 1.165) is 10.9 Å². The molecule has 0 spiro atoms. The number of hydrogen-bond acceptors (Lipinski definition) is 6. The molecule has 136 valence electrons. The third-order valence-corrected chi connectivity index (χ3v) is 4.46. The van der Waals surface area contributed by atoms with Gasteiger partial charge in [-0.3, -0.25) is 0 Å². The van der Waals surface area contributed by atoms with Crippen LogP contribution in [0.3, 0.4) is 0 Å². The minimum absolute atomic E-state index is 0.115.